The highest BCUT2D eigenvalue weighted by molar-refractivity contribution is 7.17. The Morgan fingerprint density at radius 2 is 2.07 bits per heavy atom. The van der Waals surface area contributed by atoms with Crippen LogP contribution in [0.25, 0.3) is 10.1 Å². The quantitative estimate of drug-likeness (QED) is 0.299. The highest BCUT2D eigenvalue weighted by Gasteiger charge is 2.20. The SMILES string of the molecule is Nc1c(O)c(B(O)O)cc2ccsc12. The van der Waals surface area contributed by atoms with E-state index in [2.05, 4.69) is 0 Å². The van der Waals surface area contributed by atoms with E-state index < -0.39 is 7.12 Å². The molecule has 0 saturated heterocycles. The maximum atomic E-state index is 9.55. The van der Waals surface area contributed by atoms with Crippen LogP contribution in [0.2, 0.25) is 0 Å². The lowest BCUT2D eigenvalue weighted by Gasteiger charge is -2.06. The molecule has 6 heteroatoms. The molecule has 0 unspecified atom stereocenters. The van der Waals surface area contributed by atoms with Gasteiger partial charge in [0.2, 0.25) is 0 Å². The Kier molecular flexibility index (Phi) is 2.11. The number of aromatic hydroxyl groups is 1. The zero-order chi connectivity index (χ0) is 10.3. The lowest BCUT2D eigenvalue weighted by Crippen LogP contribution is -2.30. The van der Waals surface area contributed by atoms with Crippen molar-refractivity contribution < 1.29 is 15.2 Å². The van der Waals surface area contributed by atoms with Crippen molar-refractivity contribution in [3.05, 3.63) is 17.5 Å². The number of fused-ring (bicyclic) bond motifs is 1. The summed E-state index contributed by atoms with van der Waals surface area (Å²) >= 11 is 1.40. The molecular weight excluding hydrogens is 201 g/mol. The predicted octanol–water partition coefficient (Wildman–Crippen LogP) is -0.131. The molecule has 2 rings (SSSR count). The fourth-order valence-corrected chi connectivity index (χ4v) is 2.18. The summed E-state index contributed by atoms with van der Waals surface area (Å²) in [5, 5.41) is 30.1. The van der Waals surface area contributed by atoms with Gasteiger partial charge in [0, 0.05) is 5.46 Å². The van der Waals surface area contributed by atoms with Gasteiger partial charge in [-0.25, -0.2) is 0 Å². The average molecular weight is 209 g/mol. The van der Waals surface area contributed by atoms with Crippen LogP contribution in [0.15, 0.2) is 17.5 Å². The Morgan fingerprint density at radius 1 is 1.36 bits per heavy atom. The second-order valence-electron chi connectivity index (χ2n) is 2.94. The Morgan fingerprint density at radius 3 is 2.71 bits per heavy atom. The lowest BCUT2D eigenvalue weighted by atomic mass is 9.78. The van der Waals surface area contributed by atoms with Crippen molar-refractivity contribution in [2.75, 3.05) is 5.73 Å². The minimum atomic E-state index is -1.71. The Balaban J connectivity index is 2.80. The normalized spacial score (nSPS) is 10.7. The highest BCUT2D eigenvalue weighted by atomic mass is 32.1. The Hall–Kier alpha value is -1.24. The smallest absolute Gasteiger partial charge is 0.492 e. The van der Waals surface area contributed by atoms with Gasteiger partial charge in [-0.1, -0.05) is 0 Å². The van der Waals surface area contributed by atoms with E-state index in [0.29, 0.717) is 0 Å². The van der Waals surface area contributed by atoms with E-state index in [9.17, 15) is 5.11 Å². The van der Waals surface area contributed by atoms with E-state index in [1.807, 2.05) is 11.4 Å². The van der Waals surface area contributed by atoms with Crippen molar-refractivity contribution >= 4 is 39.7 Å². The first-order valence-electron chi connectivity index (χ1n) is 3.96. The number of hydrogen-bond acceptors (Lipinski definition) is 5. The van der Waals surface area contributed by atoms with Gasteiger partial charge in [0.15, 0.2) is 0 Å². The van der Waals surface area contributed by atoms with E-state index in [4.69, 9.17) is 15.8 Å². The molecule has 1 aromatic carbocycles. The molecule has 0 aliphatic rings. The first-order valence-corrected chi connectivity index (χ1v) is 4.84. The number of phenols is 1. The third-order valence-corrected chi connectivity index (χ3v) is 3.02. The summed E-state index contributed by atoms with van der Waals surface area (Å²) in [7, 11) is -1.71. The molecule has 72 valence electrons. The number of benzene rings is 1. The summed E-state index contributed by atoms with van der Waals surface area (Å²) in [6, 6.07) is 3.32. The zero-order valence-corrected chi connectivity index (χ0v) is 7.95. The van der Waals surface area contributed by atoms with Gasteiger partial charge in [-0.2, -0.15) is 0 Å². The lowest BCUT2D eigenvalue weighted by molar-refractivity contribution is 0.420. The van der Waals surface area contributed by atoms with Gasteiger partial charge >= 0.3 is 7.12 Å². The first-order chi connectivity index (χ1) is 6.61. The molecule has 14 heavy (non-hydrogen) atoms. The van der Waals surface area contributed by atoms with E-state index in [-0.39, 0.29) is 16.9 Å². The number of anilines is 1. The molecule has 0 aliphatic heterocycles. The van der Waals surface area contributed by atoms with Crippen molar-refractivity contribution in [2.24, 2.45) is 0 Å². The number of nitrogen functional groups attached to an aromatic ring is 1. The summed E-state index contributed by atoms with van der Waals surface area (Å²) in [6.45, 7) is 0. The van der Waals surface area contributed by atoms with E-state index in [1.165, 1.54) is 17.4 Å². The van der Waals surface area contributed by atoms with Crippen LogP contribution in [-0.4, -0.2) is 22.3 Å². The van der Waals surface area contributed by atoms with Crippen LogP contribution in [0.1, 0.15) is 0 Å². The largest absolute Gasteiger partial charge is 0.506 e. The topological polar surface area (TPSA) is 86.7 Å². The van der Waals surface area contributed by atoms with E-state index >= 15 is 0 Å². The standard InChI is InChI=1S/C8H8BNO3S/c10-6-7(11)5(9(12)13)3-4-1-2-14-8(4)6/h1-3,11-13H,10H2. The molecule has 0 saturated carbocycles. The third kappa shape index (κ3) is 1.24. The predicted molar refractivity (Wildman–Crippen MR) is 57.7 cm³/mol. The van der Waals surface area contributed by atoms with Crippen molar-refractivity contribution in [3.8, 4) is 5.75 Å². The first kappa shape index (κ1) is 9.33. The molecule has 0 radical (unpaired) electrons. The molecule has 1 aromatic heterocycles. The van der Waals surface area contributed by atoms with Crippen LogP contribution >= 0.6 is 11.3 Å². The number of nitrogens with two attached hydrogens (primary N) is 1. The van der Waals surface area contributed by atoms with Gasteiger partial charge in [0.1, 0.15) is 5.75 Å². The van der Waals surface area contributed by atoms with Crippen molar-refractivity contribution in [1.29, 1.82) is 0 Å². The van der Waals surface area contributed by atoms with Crippen LogP contribution in [0.4, 0.5) is 5.69 Å². The summed E-state index contributed by atoms with van der Waals surface area (Å²) < 4.78 is 0.756. The van der Waals surface area contributed by atoms with Gasteiger partial charge < -0.3 is 20.9 Å². The summed E-state index contributed by atoms with van der Waals surface area (Å²) in [5.74, 6) is -0.255. The molecular formula is C8H8BNO3S. The van der Waals surface area contributed by atoms with Crippen LogP contribution in [0.5, 0.6) is 5.75 Å². The minimum Gasteiger partial charge on any atom is -0.506 e. The molecule has 1 heterocycles. The Labute approximate surface area is 84.4 Å². The van der Waals surface area contributed by atoms with Gasteiger partial charge in [-0.3, -0.25) is 0 Å². The maximum absolute atomic E-state index is 9.55. The van der Waals surface area contributed by atoms with Crippen molar-refractivity contribution in [2.45, 2.75) is 0 Å². The number of rotatable bonds is 1. The van der Waals surface area contributed by atoms with E-state index in [0.717, 1.165) is 10.1 Å². The number of phenolic OH excluding ortho intramolecular Hbond substituents is 1. The highest BCUT2D eigenvalue weighted by Crippen LogP contribution is 2.32. The molecule has 0 bridgehead atoms. The zero-order valence-electron chi connectivity index (χ0n) is 7.14. The Bertz CT molecular complexity index is 483. The van der Waals surface area contributed by atoms with Crippen LogP contribution in [0.3, 0.4) is 0 Å². The average Bonchev–Trinajstić information content (AvgIpc) is 2.58. The van der Waals surface area contributed by atoms with Crippen molar-refractivity contribution in [1.82, 2.24) is 0 Å². The second-order valence-corrected chi connectivity index (χ2v) is 3.86. The van der Waals surface area contributed by atoms with Gasteiger partial charge in [-0.15, -0.1) is 11.3 Å². The molecule has 5 N–H and O–H groups in total. The fourth-order valence-electron chi connectivity index (χ4n) is 1.35. The summed E-state index contributed by atoms with van der Waals surface area (Å²) in [4.78, 5) is 0. The summed E-state index contributed by atoms with van der Waals surface area (Å²) in [6.07, 6.45) is 0. The van der Waals surface area contributed by atoms with Crippen molar-refractivity contribution in [3.63, 3.8) is 0 Å². The third-order valence-electron chi connectivity index (χ3n) is 2.06. The van der Waals surface area contributed by atoms with Crippen LogP contribution in [0, 0.1) is 0 Å². The maximum Gasteiger partial charge on any atom is 0.492 e. The van der Waals surface area contributed by atoms with Crippen LogP contribution < -0.4 is 11.2 Å². The fraction of sp³-hybridized carbons (Fsp3) is 0. The van der Waals surface area contributed by atoms with Gasteiger partial charge in [-0.05, 0) is 22.9 Å². The summed E-state index contributed by atoms with van der Waals surface area (Å²) in [5.41, 5.74) is 5.87. The molecule has 4 nitrogen and oxygen atoms in total. The van der Waals surface area contributed by atoms with Gasteiger partial charge in [0.25, 0.3) is 0 Å². The van der Waals surface area contributed by atoms with Crippen LogP contribution in [-0.2, 0) is 0 Å². The molecule has 0 amide bonds. The molecule has 0 spiro atoms. The number of hydrogen-bond donors (Lipinski definition) is 4. The molecule has 0 aliphatic carbocycles. The minimum absolute atomic E-state index is 0.0356. The molecule has 0 fully saturated rings. The molecule has 0 atom stereocenters. The van der Waals surface area contributed by atoms with E-state index in [1.54, 1.807) is 0 Å². The monoisotopic (exact) mass is 209 g/mol. The second kappa shape index (κ2) is 3.16. The van der Waals surface area contributed by atoms with Gasteiger partial charge in [0.05, 0.1) is 10.4 Å². The number of thiophene rings is 1. The molecule has 2 aromatic rings.